The van der Waals surface area contributed by atoms with E-state index in [1.807, 2.05) is 33.0 Å². The molecule has 2 aromatic carbocycles. The van der Waals surface area contributed by atoms with E-state index in [2.05, 4.69) is 323 Å². The number of carbonyl (C=O) groups excluding carboxylic acids is 4. The number of aromatic nitrogens is 4. The number of benzene rings is 2. The van der Waals surface area contributed by atoms with Gasteiger partial charge < -0.3 is 4.74 Å². The van der Waals surface area contributed by atoms with E-state index in [4.69, 9.17) is 56.9 Å². The molecule has 0 radical (unpaired) electrons. The maximum atomic E-state index is 12.2. The van der Waals surface area contributed by atoms with Crippen LogP contribution < -0.4 is 46.1 Å². The fourth-order valence-electron chi connectivity index (χ4n) is 6.04. The Morgan fingerprint density at radius 1 is 0.649 bits per heavy atom. The van der Waals surface area contributed by atoms with Crippen molar-refractivity contribution in [2.24, 2.45) is 10.1 Å². The van der Waals surface area contributed by atoms with Crippen molar-refractivity contribution >= 4 is 496 Å². The van der Waals surface area contributed by atoms with Gasteiger partial charge in [-0.1, -0.05) is 74.1 Å². The van der Waals surface area contributed by atoms with Crippen LogP contribution in [0.15, 0.2) is 65.9 Å². The SMILES string of the molecule is CC(C)c1cn(Cc2c(Cl)cc(N3N=C(C#N)C(=O)CC3=O)cc2Cl)c(=O)[nH]c1=O.CCOC(=O)NC(=O)C(C#N)=NCc1cc(Cl)c(Cn2cc(C(C)C)c(=O)[nH]c2=O)c(Cl)c1.I[I-]I(I)I(I)I(I)I(I)I(I)I(I)I(I)I(I)I(I)I(I)I(I)I(I)I(I)I(I)I. The molecule has 0 saturated heterocycles. The monoisotopic (exact) mass is 4870 g/mol. The first-order valence-corrected chi connectivity index (χ1v) is 213. The number of aliphatic imine (C=N–C) groups is 1. The quantitative estimate of drug-likeness (QED) is 0.0319. The third-order valence-electron chi connectivity index (χ3n) is 10.0. The van der Waals surface area contributed by atoms with Crippen molar-refractivity contribution in [3.05, 3.63) is 126 Å². The molecule has 2 aromatic heterocycles. The summed E-state index contributed by atoms with van der Waals surface area (Å²) >= 11 is 76.6. The van der Waals surface area contributed by atoms with Crippen LogP contribution in [-0.2, 0) is 38.8 Å². The number of alkyl carbamates (subject to hydrolysis) is 1. The van der Waals surface area contributed by atoms with E-state index in [0.29, 0.717) is 41.1 Å². The molecule has 546 valence electrons. The van der Waals surface area contributed by atoms with Crippen LogP contribution in [0.2, 0.25) is 20.1 Å². The predicted molar refractivity (Wildman–Crippen MR) is 655 cm³/mol. The van der Waals surface area contributed by atoms with Crippen molar-refractivity contribution < 1.29 is 37.2 Å². The van der Waals surface area contributed by atoms with Crippen molar-refractivity contribution in [1.29, 1.82) is 10.5 Å². The predicted octanol–water partition coefficient (Wildman–Crippen LogP) is 28.5. The number of nitrogens with zero attached hydrogens (tertiary/aromatic N) is 7. The summed E-state index contributed by atoms with van der Waals surface area (Å²) in [5.74, 6) is -2.48. The molecule has 5 rings (SSSR count). The molecule has 1 aliphatic heterocycles. The minimum absolute atomic E-state index is 0.0158. The number of hydrazone groups is 1. The molecule has 54 heteroatoms. The Kier molecular flexibility index (Phi) is 60.2. The number of hydrogen-bond donors (Lipinski definition) is 3. The molecule has 3 amide bonds. The zero-order valence-corrected chi connectivity index (χ0v) is 116. The summed E-state index contributed by atoms with van der Waals surface area (Å²) in [4.78, 5) is 104. The van der Waals surface area contributed by atoms with Gasteiger partial charge in [0.15, 0.2) is 0 Å². The molecule has 0 aliphatic carbocycles. The van der Waals surface area contributed by atoms with E-state index in [9.17, 15) is 38.4 Å². The van der Waals surface area contributed by atoms with E-state index in [1.54, 1.807) is 19.1 Å². The van der Waals surface area contributed by atoms with Gasteiger partial charge in [-0.05, 0) is 48.6 Å². The molecular formula is C40H36Cl4I31N10O9-. The van der Waals surface area contributed by atoms with E-state index < -0.39 is 167 Å². The van der Waals surface area contributed by atoms with Crippen LogP contribution in [0.1, 0.15) is 80.7 Å². The van der Waals surface area contributed by atoms with Crippen LogP contribution in [0.25, 0.3) is 0 Å². The van der Waals surface area contributed by atoms with Crippen molar-refractivity contribution in [1.82, 2.24) is 24.4 Å². The summed E-state index contributed by atoms with van der Waals surface area (Å²) in [7, 11) is -6.36. The first-order chi connectivity index (χ1) is 43.8. The Morgan fingerprint density at radius 2 is 1.03 bits per heavy atom. The van der Waals surface area contributed by atoms with Crippen LogP contribution in [0.4, 0.5) is 10.5 Å². The molecule has 0 spiro atoms. The third kappa shape index (κ3) is 34.2. The molecule has 0 atom stereocenters. The number of anilines is 1. The molecule has 4 aromatic rings. The summed E-state index contributed by atoms with van der Waals surface area (Å²) in [6, 6.07) is 9.12. The summed E-state index contributed by atoms with van der Waals surface area (Å²) in [6.45, 7) is 8.81. The number of carbonyl (C=O) groups is 4. The second-order valence-corrected chi connectivity index (χ2v) is 716. The standard InChI is InChI=1S/C21H21Cl2N5O5.C19H15Cl2N5O4.I31/c1-4-33-21(32)27-19(30)17(7-24)25-8-12-5-15(22)14(16(23)6-12)10-28-9-13(11(2)3)18(29)26-20(28)31;1-9(2)11-7-25(19(30)23-18(11)29)8-12-13(20)3-10(4-14(12)21)26-17(28)5-16(27)15(6-22)24-26;1-17-19(4)21(6)23(8)25(10)27(12)29(14)31(16)30(15)28(13)26(11)24(9)22(7)20(5)18(2)3/h5-6,9,11H,4,8,10H2,1-3H3,(H,26,29,31)(H,27,30,32);3-4,7,9H,5,8H2,1-2H3,(H,23,29,30);/q;;-1. The van der Waals surface area contributed by atoms with Crippen LogP contribution in [0.5, 0.6) is 0 Å². The Labute approximate surface area is 772 Å². The van der Waals surface area contributed by atoms with E-state index >= 15 is 0 Å². The van der Waals surface area contributed by atoms with Gasteiger partial charge in [0.1, 0.15) is 12.1 Å². The van der Waals surface area contributed by atoms with Gasteiger partial charge in [-0.15, -0.1) is 0 Å². The average molecular weight is 4880 g/mol. The molecule has 94 heavy (non-hydrogen) atoms. The maximum absolute atomic E-state index is 12.2. The van der Waals surface area contributed by atoms with E-state index in [0.717, 1.165) is 5.01 Å². The van der Waals surface area contributed by atoms with Gasteiger partial charge in [-0.3, -0.25) is 53.4 Å². The zero-order valence-electron chi connectivity index (χ0n) is 45.7. The number of Topliss-reactive ketones (excluding diaryl/α,β-unsaturated/α-hetero) is 1. The van der Waals surface area contributed by atoms with Crippen molar-refractivity contribution in [3.63, 3.8) is 0 Å². The van der Waals surface area contributed by atoms with Gasteiger partial charge in [0.25, 0.3) is 22.9 Å². The van der Waals surface area contributed by atoms with Crippen LogP contribution in [-0.4, -0.2) is 60.8 Å². The molecule has 1 aliphatic rings. The fraction of sp³-hybridized carbons (Fsp3) is 0.300. The van der Waals surface area contributed by atoms with Gasteiger partial charge >= 0.3 is 439 Å². The Bertz CT molecular complexity index is 3730. The molecule has 19 nitrogen and oxygen atoms in total. The summed E-state index contributed by atoms with van der Waals surface area (Å²) in [5.41, 5.74) is -0.681. The Balaban J connectivity index is 0.000000368. The van der Waals surface area contributed by atoms with Gasteiger partial charge in [-0.25, -0.2) is 14.4 Å². The Hall–Kier alpha value is 16.0. The fourth-order valence-corrected chi connectivity index (χ4v) is 5250. The molecule has 3 heterocycles. The molecule has 0 saturated carbocycles. The number of nitriles is 2. The molecule has 3 N–H and O–H groups in total. The second kappa shape index (κ2) is 54.3. The number of hydrogen-bond acceptors (Lipinski definition) is 13. The number of amides is 3. The van der Waals surface area contributed by atoms with Crippen LogP contribution >= 0.6 is 455 Å². The number of aromatic amines is 2. The minimum atomic E-state index is -0.997. The van der Waals surface area contributed by atoms with Crippen LogP contribution in [0.3, 0.4) is 0 Å². The van der Waals surface area contributed by atoms with Gasteiger partial charge in [0.05, 0.1) is 38.3 Å². The number of imide groups is 1. The molecule has 0 bridgehead atoms. The average Bonchev–Trinajstić information content (AvgIpc) is 0.805. The molecule has 0 fully saturated rings. The first-order valence-electron chi connectivity index (χ1n) is 22.9. The number of rotatable bonds is 25. The van der Waals surface area contributed by atoms with Crippen molar-refractivity contribution in [2.45, 2.75) is 72.5 Å². The number of ketones is 1. The van der Waals surface area contributed by atoms with Gasteiger partial charge in [0.2, 0.25) is 17.2 Å². The summed E-state index contributed by atoms with van der Waals surface area (Å²) in [5, 5.41) is 25.4. The van der Waals surface area contributed by atoms with E-state index in [1.165, 1.54) is 45.8 Å². The number of ether oxygens (including phenoxy) is 1. The number of halogens is 35. The number of nitrogens with one attached hydrogen (secondary N) is 3. The van der Waals surface area contributed by atoms with Crippen molar-refractivity contribution in [3.8, 4) is 12.1 Å². The second-order valence-electron chi connectivity index (χ2n) is 16.3. The van der Waals surface area contributed by atoms with Crippen molar-refractivity contribution in [2.75, 3.05) is 11.6 Å². The molecule has 0 unspecified atom stereocenters. The molecular weight excluding hydrogens is 4840 g/mol. The van der Waals surface area contributed by atoms with E-state index in [-0.39, 0.29) is 71.7 Å². The third-order valence-corrected chi connectivity index (χ3v) is 2240. The normalized spacial score (nSPS) is 14.5. The zero-order chi connectivity index (χ0) is 71.7. The Morgan fingerprint density at radius 3 is 1.38 bits per heavy atom. The van der Waals surface area contributed by atoms with Crippen LogP contribution in [0, 0.1) is 22.7 Å². The topological polar surface area (TPSA) is 275 Å². The van der Waals surface area contributed by atoms with Gasteiger partial charge in [-0.2, -0.15) is 20.6 Å². The first kappa shape index (κ1) is 104. The number of H-pyrrole nitrogens is 2. The summed E-state index contributed by atoms with van der Waals surface area (Å²) in [6.07, 6.45) is 1.45. The van der Waals surface area contributed by atoms with Gasteiger partial charge in [0, 0.05) is 54.7 Å². The summed E-state index contributed by atoms with van der Waals surface area (Å²) < 4.78 is 7.16.